The number of thiophene rings is 1. The summed E-state index contributed by atoms with van der Waals surface area (Å²) in [6.45, 7) is 2.58. The molecule has 0 saturated carbocycles. The smallest absolute Gasteiger partial charge is 0.290 e. The number of benzene rings is 1. The van der Waals surface area contributed by atoms with Crippen LogP contribution in [0.4, 0.5) is 0 Å². The molecule has 6 heteroatoms. The Kier molecular flexibility index (Phi) is 5.01. The normalized spacial score (nSPS) is 17.4. The molecule has 1 aliphatic heterocycles. The molecule has 0 radical (unpaired) electrons. The summed E-state index contributed by atoms with van der Waals surface area (Å²) < 4.78 is 5.08. The first-order chi connectivity index (χ1) is 12.0. The van der Waals surface area contributed by atoms with Crippen molar-refractivity contribution in [3.63, 3.8) is 0 Å². The third kappa shape index (κ3) is 3.23. The first-order valence-corrected chi connectivity index (χ1v) is 8.80. The zero-order valence-corrected chi connectivity index (χ0v) is 14.9. The highest BCUT2D eigenvalue weighted by Gasteiger charge is 2.43. The molecular formula is C19H19NO4S. The van der Waals surface area contributed by atoms with Crippen molar-refractivity contribution in [3.8, 4) is 0 Å². The Hall–Kier alpha value is -2.44. The fourth-order valence-electron chi connectivity index (χ4n) is 2.94. The first kappa shape index (κ1) is 17.4. The van der Waals surface area contributed by atoms with Gasteiger partial charge in [-0.25, -0.2) is 0 Å². The largest absolute Gasteiger partial charge is 0.503 e. The number of Topliss-reactive ketones (excluding diaryl/α,β-unsaturated/α-hetero) is 1. The van der Waals surface area contributed by atoms with Gasteiger partial charge in [0.25, 0.3) is 5.91 Å². The van der Waals surface area contributed by atoms with E-state index in [2.05, 4.69) is 0 Å². The second kappa shape index (κ2) is 7.21. The molecule has 5 nitrogen and oxygen atoms in total. The maximum atomic E-state index is 12.9. The molecule has 0 bridgehead atoms. The van der Waals surface area contributed by atoms with Crippen LogP contribution >= 0.6 is 11.3 Å². The van der Waals surface area contributed by atoms with Crippen molar-refractivity contribution in [3.05, 3.63) is 69.1 Å². The lowest BCUT2D eigenvalue weighted by atomic mass is 9.95. The van der Waals surface area contributed by atoms with Crippen LogP contribution in [0.15, 0.2) is 53.1 Å². The molecule has 1 amide bonds. The number of hydrogen-bond donors (Lipinski definition) is 1. The van der Waals surface area contributed by atoms with Crippen molar-refractivity contribution in [2.75, 3.05) is 20.3 Å². The van der Waals surface area contributed by atoms with Crippen LogP contribution in [0.1, 0.15) is 26.8 Å². The Morgan fingerprint density at radius 2 is 2.00 bits per heavy atom. The Balaban J connectivity index is 2.06. The van der Waals surface area contributed by atoms with Crippen molar-refractivity contribution in [2.24, 2.45) is 0 Å². The highest BCUT2D eigenvalue weighted by Crippen LogP contribution is 2.39. The minimum Gasteiger partial charge on any atom is -0.503 e. The zero-order valence-electron chi connectivity index (χ0n) is 14.1. The second-order valence-electron chi connectivity index (χ2n) is 5.87. The lowest BCUT2D eigenvalue weighted by Gasteiger charge is -2.26. The van der Waals surface area contributed by atoms with Crippen LogP contribution in [0.2, 0.25) is 0 Å². The number of ketones is 1. The van der Waals surface area contributed by atoms with Crippen LogP contribution in [0, 0.1) is 6.92 Å². The molecule has 130 valence electrons. The first-order valence-electron chi connectivity index (χ1n) is 7.92. The molecule has 0 saturated heterocycles. The van der Waals surface area contributed by atoms with Crippen LogP contribution in [0.5, 0.6) is 0 Å². The van der Waals surface area contributed by atoms with Gasteiger partial charge in [0, 0.05) is 13.7 Å². The van der Waals surface area contributed by atoms with Gasteiger partial charge >= 0.3 is 0 Å². The van der Waals surface area contributed by atoms with Gasteiger partial charge < -0.3 is 14.7 Å². The number of rotatable bonds is 6. The van der Waals surface area contributed by atoms with Gasteiger partial charge in [-0.05, 0) is 23.9 Å². The molecule has 3 rings (SSSR count). The van der Waals surface area contributed by atoms with Gasteiger partial charge in [-0.1, -0.05) is 35.9 Å². The average molecular weight is 357 g/mol. The zero-order chi connectivity index (χ0) is 18.0. The molecule has 0 spiro atoms. The van der Waals surface area contributed by atoms with Gasteiger partial charge in [0.05, 0.1) is 23.1 Å². The number of aliphatic hydroxyl groups excluding tert-OH is 1. The Morgan fingerprint density at radius 3 is 2.60 bits per heavy atom. The van der Waals surface area contributed by atoms with E-state index in [1.165, 1.54) is 16.2 Å². The molecule has 25 heavy (non-hydrogen) atoms. The van der Waals surface area contributed by atoms with E-state index >= 15 is 0 Å². The number of carbonyl (C=O) groups is 2. The fourth-order valence-corrected chi connectivity index (χ4v) is 3.62. The predicted octanol–water partition coefficient (Wildman–Crippen LogP) is 3.28. The van der Waals surface area contributed by atoms with E-state index < -0.39 is 17.7 Å². The van der Waals surface area contributed by atoms with E-state index in [0.29, 0.717) is 18.0 Å². The second-order valence-corrected chi connectivity index (χ2v) is 6.82. The molecule has 1 aromatic heterocycles. The van der Waals surface area contributed by atoms with Crippen molar-refractivity contribution >= 4 is 23.0 Å². The number of aliphatic hydroxyl groups is 1. The quantitative estimate of drug-likeness (QED) is 0.806. The standard InChI is InChI=1S/C19H19NO4S/c1-12-5-7-13(8-6-12)16-15(17(21)14-4-3-11-25-14)18(22)19(23)20(16)9-10-24-2/h3-8,11,16,22H,9-10H2,1-2H3. The van der Waals surface area contributed by atoms with Crippen LogP contribution in [0.3, 0.4) is 0 Å². The van der Waals surface area contributed by atoms with Crippen LogP contribution in [0.25, 0.3) is 0 Å². The summed E-state index contributed by atoms with van der Waals surface area (Å²) in [6.07, 6.45) is 0. The van der Waals surface area contributed by atoms with E-state index in [1.54, 1.807) is 24.6 Å². The van der Waals surface area contributed by atoms with Gasteiger partial charge in [-0.2, -0.15) is 0 Å². The van der Waals surface area contributed by atoms with Crippen LogP contribution in [-0.4, -0.2) is 42.0 Å². The molecule has 2 aromatic rings. The number of methoxy groups -OCH3 is 1. The summed E-state index contributed by atoms with van der Waals surface area (Å²) in [7, 11) is 1.55. The van der Waals surface area contributed by atoms with E-state index in [1.807, 2.05) is 31.2 Å². The monoisotopic (exact) mass is 357 g/mol. The molecule has 0 aliphatic carbocycles. The maximum absolute atomic E-state index is 12.9. The number of aryl methyl sites for hydroxylation is 1. The van der Waals surface area contributed by atoms with Crippen LogP contribution in [-0.2, 0) is 9.53 Å². The van der Waals surface area contributed by atoms with Crippen molar-refractivity contribution < 1.29 is 19.4 Å². The topological polar surface area (TPSA) is 66.8 Å². The Morgan fingerprint density at radius 1 is 1.28 bits per heavy atom. The summed E-state index contributed by atoms with van der Waals surface area (Å²) in [6, 6.07) is 10.5. The fraction of sp³-hybridized carbons (Fsp3) is 0.263. The molecule has 1 aromatic carbocycles. The molecule has 0 fully saturated rings. The van der Waals surface area contributed by atoms with Gasteiger partial charge in [0.2, 0.25) is 5.78 Å². The summed E-state index contributed by atoms with van der Waals surface area (Å²) in [5.41, 5.74) is 2.00. The number of carbonyl (C=O) groups excluding carboxylic acids is 2. The number of hydrogen-bond acceptors (Lipinski definition) is 5. The van der Waals surface area contributed by atoms with Crippen molar-refractivity contribution in [1.29, 1.82) is 0 Å². The third-order valence-electron chi connectivity index (χ3n) is 4.22. The minimum atomic E-state index is -0.613. The van der Waals surface area contributed by atoms with Crippen molar-refractivity contribution in [2.45, 2.75) is 13.0 Å². The molecule has 1 N–H and O–H groups in total. The van der Waals surface area contributed by atoms with E-state index in [-0.39, 0.29) is 11.4 Å². The van der Waals surface area contributed by atoms with Crippen LogP contribution < -0.4 is 0 Å². The molecule has 1 atom stereocenters. The lowest BCUT2D eigenvalue weighted by molar-refractivity contribution is -0.130. The van der Waals surface area contributed by atoms with Gasteiger partial charge in [-0.3, -0.25) is 9.59 Å². The van der Waals surface area contributed by atoms with E-state index in [9.17, 15) is 14.7 Å². The Labute approximate surface area is 150 Å². The molecule has 1 unspecified atom stereocenters. The van der Waals surface area contributed by atoms with E-state index in [0.717, 1.165) is 11.1 Å². The maximum Gasteiger partial charge on any atom is 0.290 e. The highest BCUT2D eigenvalue weighted by atomic mass is 32.1. The molecular weight excluding hydrogens is 338 g/mol. The summed E-state index contributed by atoms with van der Waals surface area (Å²) >= 11 is 1.29. The highest BCUT2D eigenvalue weighted by molar-refractivity contribution is 7.12. The predicted molar refractivity (Wildman–Crippen MR) is 95.8 cm³/mol. The van der Waals surface area contributed by atoms with Gasteiger partial charge in [-0.15, -0.1) is 11.3 Å². The van der Waals surface area contributed by atoms with Crippen molar-refractivity contribution in [1.82, 2.24) is 4.90 Å². The lowest BCUT2D eigenvalue weighted by Crippen LogP contribution is -2.33. The van der Waals surface area contributed by atoms with E-state index in [4.69, 9.17) is 4.74 Å². The number of nitrogens with zero attached hydrogens (tertiary/aromatic N) is 1. The summed E-state index contributed by atoms with van der Waals surface area (Å²) in [4.78, 5) is 27.5. The number of amides is 1. The SMILES string of the molecule is COCCN1C(=O)C(O)=C(C(=O)c2cccs2)C1c1ccc(C)cc1. The average Bonchev–Trinajstić information content (AvgIpc) is 3.22. The third-order valence-corrected chi connectivity index (χ3v) is 5.09. The van der Waals surface area contributed by atoms with Gasteiger partial charge in [0.15, 0.2) is 5.76 Å². The number of ether oxygens (including phenoxy) is 1. The molecule has 2 heterocycles. The molecule has 1 aliphatic rings. The summed E-state index contributed by atoms with van der Waals surface area (Å²) in [5.74, 6) is -1.33. The minimum absolute atomic E-state index is 0.132. The van der Waals surface area contributed by atoms with Gasteiger partial charge in [0.1, 0.15) is 0 Å². The Bertz CT molecular complexity index is 808. The summed E-state index contributed by atoms with van der Waals surface area (Å²) in [5, 5.41) is 12.2.